The molecule has 0 spiro atoms. The number of carbonyl (C=O) groups is 1. The van der Waals surface area contributed by atoms with Gasteiger partial charge in [-0.3, -0.25) is 4.79 Å². The van der Waals surface area contributed by atoms with E-state index in [4.69, 9.17) is 23.2 Å². The van der Waals surface area contributed by atoms with Crippen LogP contribution in [0.15, 0.2) is 48.5 Å². The first-order chi connectivity index (χ1) is 11.6. The second-order valence-electron chi connectivity index (χ2n) is 5.80. The van der Waals surface area contributed by atoms with Crippen LogP contribution in [-0.4, -0.2) is 30.9 Å². The highest BCUT2D eigenvalue weighted by atomic mass is 35.5. The van der Waals surface area contributed by atoms with Crippen LogP contribution < -0.4 is 5.32 Å². The minimum absolute atomic E-state index is 0.0595. The van der Waals surface area contributed by atoms with Gasteiger partial charge in [0.1, 0.15) is 0 Å². The Morgan fingerprint density at radius 3 is 2.38 bits per heavy atom. The average Bonchev–Trinajstić information content (AvgIpc) is 2.56. The van der Waals surface area contributed by atoms with E-state index in [-0.39, 0.29) is 12.3 Å². The number of hydrogen-bond acceptors (Lipinski definition) is 2. The average molecular weight is 365 g/mol. The molecule has 2 aromatic rings. The van der Waals surface area contributed by atoms with E-state index in [1.807, 2.05) is 18.2 Å². The van der Waals surface area contributed by atoms with E-state index in [2.05, 4.69) is 29.4 Å². The smallest absolute Gasteiger partial charge is 0.224 e. The Kier molecular flexibility index (Phi) is 7.57. The molecule has 2 aromatic carbocycles. The van der Waals surface area contributed by atoms with E-state index in [1.165, 1.54) is 5.56 Å². The van der Waals surface area contributed by atoms with Gasteiger partial charge in [-0.05, 0) is 43.3 Å². The monoisotopic (exact) mass is 364 g/mol. The fraction of sp³-hybridized carbons (Fsp3) is 0.316. The zero-order chi connectivity index (χ0) is 17.4. The first-order valence-electron chi connectivity index (χ1n) is 7.98. The van der Waals surface area contributed by atoms with E-state index < -0.39 is 0 Å². The van der Waals surface area contributed by atoms with Crippen molar-refractivity contribution in [2.24, 2.45) is 0 Å². The van der Waals surface area contributed by atoms with E-state index in [0.29, 0.717) is 22.2 Å². The molecule has 0 aromatic heterocycles. The summed E-state index contributed by atoms with van der Waals surface area (Å²) in [5.74, 6) is -0.0595. The summed E-state index contributed by atoms with van der Waals surface area (Å²) in [6.45, 7) is 2.46. The molecule has 3 nitrogen and oxygen atoms in total. The first-order valence-corrected chi connectivity index (χ1v) is 8.74. The maximum atomic E-state index is 12.0. The molecule has 0 aliphatic heterocycles. The zero-order valence-corrected chi connectivity index (χ0v) is 15.3. The lowest BCUT2D eigenvalue weighted by Gasteiger charge is -2.16. The van der Waals surface area contributed by atoms with E-state index in [0.717, 1.165) is 19.5 Å². The lowest BCUT2D eigenvalue weighted by molar-refractivity contribution is -0.120. The van der Waals surface area contributed by atoms with Crippen LogP contribution >= 0.6 is 23.2 Å². The van der Waals surface area contributed by atoms with Gasteiger partial charge in [0.15, 0.2) is 0 Å². The summed E-state index contributed by atoms with van der Waals surface area (Å²) in [4.78, 5) is 14.3. The number of amides is 1. The number of halogens is 2. The summed E-state index contributed by atoms with van der Waals surface area (Å²) < 4.78 is 0. The van der Waals surface area contributed by atoms with Crippen LogP contribution in [0, 0.1) is 0 Å². The van der Waals surface area contributed by atoms with Gasteiger partial charge in [-0.2, -0.15) is 0 Å². The summed E-state index contributed by atoms with van der Waals surface area (Å²) in [6.07, 6.45) is 1.10. The normalized spacial score (nSPS) is 10.8. The SMILES string of the molecule is CN(CCCNC(=O)Cc1c(Cl)cccc1Cl)Cc1ccccc1. The summed E-state index contributed by atoms with van der Waals surface area (Å²) in [5, 5.41) is 3.98. The lowest BCUT2D eigenvalue weighted by Crippen LogP contribution is -2.29. The molecule has 0 radical (unpaired) electrons. The van der Waals surface area contributed by atoms with E-state index in [9.17, 15) is 4.79 Å². The van der Waals surface area contributed by atoms with Crippen molar-refractivity contribution in [2.75, 3.05) is 20.1 Å². The third kappa shape index (κ3) is 6.16. The molecular formula is C19H22Cl2N2O. The van der Waals surface area contributed by atoms with Crippen molar-refractivity contribution in [1.29, 1.82) is 0 Å². The van der Waals surface area contributed by atoms with Gasteiger partial charge in [-0.25, -0.2) is 0 Å². The largest absolute Gasteiger partial charge is 0.356 e. The molecule has 0 saturated carbocycles. The summed E-state index contributed by atoms with van der Waals surface area (Å²) in [7, 11) is 2.08. The topological polar surface area (TPSA) is 32.3 Å². The molecule has 128 valence electrons. The van der Waals surface area contributed by atoms with Gasteiger partial charge < -0.3 is 10.2 Å². The molecule has 1 N–H and O–H groups in total. The van der Waals surface area contributed by atoms with Gasteiger partial charge in [-0.15, -0.1) is 0 Å². The lowest BCUT2D eigenvalue weighted by atomic mass is 10.1. The highest BCUT2D eigenvalue weighted by molar-refractivity contribution is 6.36. The Labute approximate surface area is 153 Å². The van der Waals surface area contributed by atoms with Crippen molar-refractivity contribution < 1.29 is 4.79 Å². The molecule has 0 aliphatic rings. The summed E-state index contributed by atoms with van der Waals surface area (Å²) >= 11 is 12.2. The Bertz CT molecular complexity index is 641. The predicted molar refractivity (Wildman–Crippen MR) is 101 cm³/mol. The van der Waals surface area contributed by atoms with Crippen molar-refractivity contribution in [3.8, 4) is 0 Å². The molecule has 0 saturated heterocycles. The fourth-order valence-electron chi connectivity index (χ4n) is 2.48. The highest BCUT2D eigenvalue weighted by Gasteiger charge is 2.10. The van der Waals surface area contributed by atoms with Gasteiger partial charge in [-0.1, -0.05) is 59.6 Å². The fourth-order valence-corrected chi connectivity index (χ4v) is 3.01. The first kappa shape index (κ1) is 18.8. The van der Waals surface area contributed by atoms with Crippen molar-refractivity contribution in [3.05, 3.63) is 69.7 Å². The number of nitrogens with zero attached hydrogens (tertiary/aromatic N) is 1. The molecule has 1 amide bonds. The number of benzene rings is 2. The van der Waals surface area contributed by atoms with Gasteiger partial charge in [0.05, 0.1) is 6.42 Å². The van der Waals surface area contributed by atoms with Crippen LogP contribution in [0.2, 0.25) is 10.0 Å². The number of rotatable bonds is 8. The van der Waals surface area contributed by atoms with Gasteiger partial charge in [0, 0.05) is 23.1 Å². The molecule has 0 heterocycles. The Hall–Kier alpha value is -1.55. The molecule has 0 fully saturated rings. The molecule has 2 rings (SSSR count). The van der Waals surface area contributed by atoms with E-state index >= 15 is 0 Å². The van der Waals surface area contributed by atoms with E-state index in [1.54, 1.807) is 18.2 Å². The number of carbonyl (C=O) groups excluding carboxylic acids is 1. The third-order valence-corrected chi connectivity index (χ3v) is 4.44. The Balaban J connectivity index is 1.67. The van der Waals surface area contributed by atoms with Crippen LogP contribution in [0.25, 0.3) is 0 Å². The quantitative estimate of drug-likeness (QED) is 0.712. The maximum absolute atomic E-state index is 12.0. The molecular weight excluding hydrogens is 343 g/mol. The maximum Gasteiger partial charge on any atom is 0.224 e. The number of nitrogens with one attached hydrogen (secondary N) is 1. The van der Waals surface area contributed by atoms with Crippen LogP contribution in [0.1, 0.15) is 17.5 Å². The minimum atomic E-state index is -0.0595. The van der Waals surface area contributed by atoms with Crippen LogP contribution in [0.3, 0.4) is 0 Å². The molecule has 0 aliphatic carbocycles. The molecule has 0 atom stereocenters. The molecule has 0 bridgehead atoms. The molecule has 24 heavy (non-hydrogen) atoms. The Morgan fingerprint density at radius 1 is 1.04 bits per heavy atom. The van der Waals surface area contributed by atoms with Crippen molar-refractivity contribution in [2.45, 2.75) is 19.4 Å². The third-order valence-electron chi connectivity index (χ3n) is 3.73. The summed E-state index contributed by atoms with van der Waals surface area (Å²) in [5.41, 5.74) is 1.97. The predicted octanol–water partition coefficient (Wildman–Crippen LogP) is 4.17. The van der Waals surface area contributed by atoms with Crippen molar-refractivity contribution in [3.63, 3.8) is 0 Å². The van der Waals surface area contributed by atoms with Crippen LogP contribution in [0.4, 0.5) is 0 Å². The standard InChI is InChI=1S/C19H22Cl2N2O/c1-23(14-15-7-3-2-4-8-15)12-6-11-22-19(24)13-16-17(20)9-5-10-18(16)21/h2-5,7-10H,6,11-14H2,1H3,(H,22,24). The van der Waals surface area contributed by atoms with Gasteiger partial charge in [0.2, 0.25) is 5.91 Å². The van der Waals surface area contributed by atoms with Gasteiger partial charge >= 0.3 is 0 Å². The van der Waals surface area contributed by atoms with Crippen molar-refractivity contribution >= 4 is 29.1 Å². The Morgan fingerprint density at radius 2 is 1.71 bits per heavy atom. The van der Waals surface area contributed by atoms with Crippen LogP contribution in [0.5, 0.6) is 0 Å². The molecule has 5 heteroatoms. The zero-order valence-electron chi connectivity index (χ0n) is 13.8. The number of hydrogen-bond donors (Lipinski definition) is 1. The van der Waals surface area contributed by atoms with Crippen LogP contribution in [-0.2, 0) is 17.8 Å². The van der Waals surface area contributed by atoms with Crippen molar-refractivity contribution in [1.82, 2.24) is 10.2 Å². The highest BCUT2D eigenvalue weighted by Crippen LogP contribution is 2.24. The molecule has 0 unspecified atom stereocenters. The van der Waals surface area contributed by atoms with Gasteiger partial charge in [0.25, 0.3) is 0 Å². The minimum Gasteiger partial charge on any atom is -0.356 e. The second kappa shape index (κ2) is 9.67. The second-order valence-corrected chi connectivity index (χ2v) is 6.62. The summed E-state index contributed by atoms with van der Waals surface area (Å²) in [6, 6.07) is 15.6.